The van der Waals surface area contributed by atoms with Crippen LogP contribution in [0.25, 0.3) is 0 Å². The van der Waals surface area contributed by atoms with Crippen molar-refractivity contribution in [1.29, 1.82) is 0 Å². The summed E-state index contributed by atoms with van der Waals surface area (Å²) in [5, 5.41) is 3.54. The van der Waals surface area contributed by atoms with Gasteiger partial charge in [-0.2, -0.15) is 11.8 Å². The lowest BCUT2D eigenvalue weighted by atomic mass is 10.2. The van der Waals surface area contributed by atoms with Crippen molar-refractivity contribution in [3.8, 4) is 11.5 Å². The molecule has 7 nitrogen and oxygen atoms in total. The second-order valence-electron chi connectivity index (χ2n) is 6.84. The average Bonchev–Trinajstić information content (AvgIpc) is 3.17. The van der Waals surface area contributed by atoms with Crippen LogP contribution in [0.2, 0.25) is 0 Å². The molecule has 0 spiro atoms. The van der Waals surface area contributed by atoms with Gasteiger partial charge in [0.1, 0.15) is 17.5 Å². The van der Waals surface area contributed by atoms with Crippen LogP contribution in [-0.4, -0.2) is 58.4 Å². The molecule has 1 aliphatic carbocycles. The molecule has 1 atom stereocenters. The fraction of sp³-hybridized carbons (Fsp3) is 0.632. The van der Waals surface area contributed by atoms with Gasteiger partial charge in [0, 0.05) is 23.6 Å². The van der Waals surface area contributed by atoms with Crippen LogP contribution in [0.3, 0.4) is 0 Å². The van der Waals surface area contributed by atoms with Gasteiger partial charge in [-0.05, 0) is 31.9 Å². The Morgan fingerprint density at radius 1 is 1.29 bits per heavy atom. The van der Waals surface area contributed by atoms with Crippen LogP contribution in [0.5, 0.6) is 11.5 Å². The Morgan fingerprint density at radius 3 is 2.54 bits per heavy atom. The number of nitrogens with one attached hydrogen (secondary N) is 1. The second kappa shape index (κ2) is 10.2. The maximum absolute atomic E-state index is 12.7. The minimum Gasteiger partial charge on any atom is -0.497 e. The lowest BCUT2D eigenvalue weighted by Gasteiger charge is -2.29. The number of anilines is 1. The zero-order valence-corrected chi connectivity index (χ0v) is 18.6. The SMILES string of the molecule is COc1ccc(OC)c(N(C(C)C(=O)NCCSC2CCCC2)S(C)(=O)=O)c1. The molecule has 28 heavy (non-hydrogen) atoms. The average molecular weight is 431 g/mol. The van der Waals surface area contributed by atoms with Crippen molar-refractivity contribution in [2.24, 2.45) is 0 Å². The summed E-state index contributed by atoms with van der Waals surface area (Å²) < 4.78 is 36.6. The highest BCUT2D eigenvalue weighted by Crippen LogP contribution is 2.35. The Bertz CT molecular complexity index is 764. The molecule has 2 rings (SSSR count). The topological polar surface area (TPSA) is 84.9 Å². The number of rotatable bonds is 10. The lowest BCUT2D eigenvalue weighted by molar-refractivity contribution is -0.121. The van der Waals surface area contributed by atoms with Crippen molar-refractivity contribution in [2.45, 2.75) is 43.9 Å². The van der Waals surface area contributed by atoms with Crippen LogP contribution in [0.15, 0.2) is 18.2 Å². The highest BCUT2D eigenvalue weighted by atomic mass is 32.2. The summed E-state index contributed by atoms with van der Waals surface area (Å²) in [7, 11) is -0.782. The molecule has 1 N–H and O–H groups in total. The van der Waals surface area contributed by atoms with Crippen molar-refractivity contribution in [3.05, 3.63) is 18.2 Å². The highest BCUT2D eigenvalue weighted by Gasteiger charge is 2.31. The predicted octanol–water partition coefficient (Wildman–Crippen LogP) is 2.65. The molecule has 1 unspecified atom stereocenters. The molecule has 0 aromatic heterocycles. The van der Waals surface area contributed by atoms with Gasteiger partial charge in [-0.25, -0.2) is 8.42 Å². The third kappa shape index (κ3) is 5.94. The highest BCUT2D eigenvalue weighted by molar-refractivity contribution is 7.99. The van der Waals surface area contributed by atoms with Gasteiger partial charge in [0.2, 0.25) is 15.9 Å². The minimum absolute atomic E-state index is 0.271. The van der Waals surface area contributed by atoms with E-state index in [4.69, 9.17) is 9.47 Å². The lowest BCUT2D eigenvalue weighted by Crippen LogP contribution is -2.48. The van der Waals surface area contributed by atoms with E-state index in [1.807, 2.05) is 11.8 Å². The number of amides is 1. The standard InChI is InChI=1S/C19H30N2O5S2/c1-14(19(22)20-11-12-27-16-7-5-6-8-16)21(28(4,23)24)17-13-15(25-2)9-10-18(17)26-3/h9-10,13-14,16H,5-8,11-12H2,1-4H3,(H,20,22). The van der Waals surface area contributed by atoms with Gasteiger partial charge >= 0.3 is 0 Å². The fourth-order valence-corrected chi connectivity index (χ4v) is 5.74. The van der Waals surface area contributed by atoms with E-state index >= 15 is 0 Å². The molecule has 1 aromatic rings. The number of methoxy groups -OCH3 is 2. The largest absolute Gasteiger partial charge is 0.497 e. The first-order valence-electron chi connectivity index (χ1n) is 9.38. The van der Waals surface area contributed by atoms with E-state index in [1.165, 1.54) is 39.9 Å². The van der Waals surface area contributed by atoms with E-state index in [2.05, 4.69) is 5.32 Å². The Labute approximate surface area is 172 Å². The van der Waals surface area contributed by atoms with E-state index in [1.54, 1.807) is 25.1 Å². The van der Waals surface area contributed by atoms with E-state index in [0.717, 1.165) is 16.3 Å². The monoisotopic (exact) mass is 430 g/mol. The number of hydrogen-bond donors (Lipinski definition) is 1. The minimum atomic E-state index is -3.73. The third-order valence-corrected chi connectivity index (χ3v) is 7.38. The van der Waals surface area contributed by atoms with Crippen molar-refractivity contribution in [3.63, 3.8) is 0 Å². The van der Waals surface area contributed by atoms with Gasteiger partial charge in [0.15, 0.2) is 0 Å². The van der Waals surface area contributed by atoms with Gasteiger partial charge in [-0.3, -0.25) is 9.10 Å². The fourth-order valence-electron chi connectivity index (χ4n) is 3.35. The molecular formula is C19H30N2O5S2. The Kier molecular flexibility index (Phi) is 8.30. The first-order valence-corrected chi connectivity index (χ1v) is 12.3. The summed E-state index contributed by atoms with van der Waals surface area (Å²) in [6.45, 7) is 2.08. The van der Waals surface area contributed by atoms with Crippen molar-refractivity contribution in [1.82, 2.24) is 5.32 Å². The number of benzene rings is 1. The molecule has 1 aliphatic rings. The smallest absolute Gasteiger partial charge is 0.243 e. The first kappa shape index (κ1) is 22.7. The van der Waals surface area contributed by atoms with Crippen LogP contribution >= 0.6 is 11.8 Å². The Morgan fingerprint density at radius 2 is 1.96 bits per heavy atom. The molecule has 158 valence electrons. The summed E-state index contributed by atoms with van der Waals surface area (Å²) in [5.74, 6) is 1.31. The molecule has 0 bridgehead atoms. The zero-order valence-electron chi connectivity index (χ0n) is 16.9. The Balaban J connectivity index is 2.10. The number of nitrogens with zero attached hydrogens (tertiary/aromatic N) is 1. The maximum Gasteiger partial charge on any atom is 0.243 e. The van der Waals surface area contributed by atoms with Crippen molar-refractivity contribution in [2.75, 3.05) is 37.1 Å². The third-order valence-electron chi connectivity index (χ3n) is 4.77. The van der Waals surface area contributed by atoms with Crippen LogP contribution in [0, 0.1) is 0 Å². The van der Waals surface area contributed by atoms with E-state index < -0.39 is 16.1 Å². The van der Waals surface area contributed by atoms with Crippen LogP contribution in [0.4, 0.5) is 5.69 Å². The summed E-state index contributed by atoms with van der Waals surface area (Å²) in [5.41, 5.74) is 0.271. The number of thioether (sulfide) groups is 1. The predicted molar refractivity (Wildman–Crippen MR) is 114 cm³/mol. The van der Waals surface area contributed by atoms with Gasteiger partial charge in [0.05, 0.1) is 26.2 Å². The van der Waals surface area contributed by atoms with Gasteiger partial charge in [0.25, 0.3) is 0 Å². The number of sulfonamides is 1. The number of hydrogen-bond acceptors (Lipinski definition) is 6. The van der Waals surface area contributed by atoms with Crippen LogP contribution < -0.4 is 19.1 Å². The number of carbonyl (C=O) groups excluding carboxylic acids is 1. The van der Waals surface area contributed by atoms with E-state index in [9.17, 15) is 13.2 Å². The molecule has 1 amide bonds. The van der Waals surface area contributed by atoms with Crippen LogP contribution in [-0.2, 0) is 14.8 Å². The summed E-state index contributed by atoms with van der Waals surface area (Å²) in [6, 6.07) is 3.93. The number of carbonyl (C=O) groups is 1. The Hall–Kier alpha value is -1.61. The second-order valence-corrected chi connectivity index (χ2v) is 10.1. The molecule has 0 heterocycles. The quantitative estimate of drug-likeness (QED) is 0.575. The van der Waals surface area contributed by atoms with Crippen molar-refractivity contribution >= 4 is 33.4 Å². The van der Waals surface area contributed by atoms with Crippen molar-refractivity contribution < 1.29 is 22.7 Å². The van der Waals surface area contributed by atoms with E-state index in [0.29, 0.717) is 23.3 Å². The number of ether oxygens (including phenoxy) is 2. The van der Waals surface area contributed by atoms with Gasteiger partial charge in [-0.15, -0.1) is 0 Å². The van der Waals surface area contributed by atoms with Gasteiger partial charge in [-0.1, -0.05) is 12.8 Å². The summed E-state index contributed by atoms with van der Waals surface area (Å²) in [6.07, 6.45) is 6.13. The first-order chi connectivity index (χ1) is 13.3. The molecule has 0 aliphatic heterocycles. The maximum atomic E-state index is 12.7. The van der Waals surface area contributed by atoms with E-state index in [-0.39, 0.29) is 11.6 Å². The van der Waals surface area contributed by atoms with Gasteiger partial charge < -0.3 is 14.8 Å². The van der Waals surface area contributed by atoms with Crippen LogP contribution in [0.1, 0.15) is 32.6 Å². The normalized spacial score (nSPS) is 15.9. The molecule has 0 radical (unpaired) electrons. The molecule has 1 aromatic carbocycles. The molecule has 1 fully saturated rings. The molecule has 1 saturated carbocycles. The summed E-state index contributed by atoms with van der Waals surface area (Å²) in [4.78, 5) is 12.7. The zero-order chi connectivity index (χ0) is 20.7. The summed E-state index contributed by atoms with van der Waals surface area (Å²) >= 11 is 1.88. The molecule has 9 heteroatoms. The molecular weight excluding hydrogens is 400 g/mol. The molecule has 0 saturated heterocycles.